The molecular weight excluding hydrogens is 433 g/mol. The van der Waals surface area contributed by atoms with E-state index in [0.29, 0.717) is 18.3 Å². The molecule has 1 N–H and O–H groups in total. The molecule has 34 heavy (non-hydrogen) atoms. The summed E-state index contributed by atoms with van der Waals surface area (Å²) in [7, 11) is 0. The number of aromatic nitrogens is 3. The number of hydrogen-bond acceptors (Lipinski definition) is 5. The molecule has 1 aromatic carbocycles. The second-order valence-electron chi connectivity index (χ2n) is 9.64. The topological polar surface area (TPSA) is 70.1 Å². The molecule has 3 aliphatic rings. The molecule has 174 valence electrons. The number of aryl methyl sites for hydroxylation is 1. The quantitative estimate of drug-likeness (QED) is 0.640. The molecule has 1 aliphatic carbocycles. The molecule has 3 aromatic rings. The number of imidazole rings is 1. The number of piperazine rings is 1. The van der Waals surface area contributed by atoms with Gasteiger partial charge in [-0.3, -0.25) is 4.79 Å². The highest BCUT2D eigenvalue weighted by Crippen LogP contribution is 2.41. The van der Waals surface area contributed by atoms with Gasteiger partial charge in [0.05, 0.1) is 23.1 Å². The van der Waals surface area contributed by atoms with Crippen LogP contribution < -0.4 is 10.2 Å². The first-order chi connectivity index (χ1) is 16.5. The largest absolute Gasteiger partial charge is 0.361 e. The molecule has 1 saturated carbocycles. The van der Waals surface area contributed by atoms with Crippen LogP contribution in [0, 0.1) is 19.3 Å². The lowest BCUT2D eigenvalue weighted by Crippen LogP contribution is -2.57. The third-order valence-electron chi connectivity index (χ3n) is 7.27. The second kappa shape index (κ2) is 7.77. The van der Waals surface area contributed by atoms with Gasteiger partial charge < -0.3 is 14.6 Å². The first kappa shape index (κ1) is 21.1. The van der Waals surface area contributed by atoms with Gasteiger partial charge in [0, 0.05) is 43.9 Å². The van der Waals surface area contributed by atoms with E-state index in [1.54, 1.807) is 12.3 Å². The number of fused-ring (bicyclic) bond motifs is 2. The summed E-state index contributed by atoms with van der Waals surface area (Å²) >= 11 is 0. The van der Waals surface area contributed by atoms with E-state index in [9.17, 15) is 4.79 Å². The Labute approximate surface area is 197 Å². The number of amides is 1. The maximum atomic E-state index is 15.1. The fourth-order valence-corrected chi connectivity index (χ4v) is 5.36. The summed E-state index contributed by atoms with van der Waals surface area (Å²) in [6.45, 7) is 10.9. The van der Waals surface area contributed by atoms with Gasteiger partial charge in [0.25, 0.3) is 12.5 Å². The zero-order chi connectivity index (χ0) is 23.4. The lowest BCUT2D eigenvalue weighted by Gasteiger charge is -2.38. The van der Waals surface area contributed by atoms with Crippen LogP contribution in [0.3, 0.4) is 0 Å². The minimum absolute atomic E-state index is 0.0156. The molecule has 8 nitrogen and oxygen atoms in total. The molecule has 1 amide bonds. The first-order valence-electron chi connectivity index (χ1n) is 11.8. The van der Waals surface area contributed by atoms with Crippen molar-refractivity contribution in [3.63, 3.8) is 0 Å². The molecule has 9 heteroatoms. The Hall–Kier alpha value is -3.51. The standard InChI is InChI=1S/C25H26FN7O/c1-16-13-32-14-21(29-22(17-4-5-17)23(32)28-16)30-24(34)19-7-6-18(12-20(19)26)31-10-11-33-9-3-8-25(33,15-31)27-2/h2,6-7,12-14,17H,3-5,8-11,15H2,1H3/p+1/t25-/m0/s1. The van der Waals surface area contributed by atoms with E-state index in [4.69, 9.17) is 6.57 Å². The van der Waals surface area contributed by atoms with Crippen molar-refractivity contribution in [2.45, 2.75) is 44.2 Å². The highest BCUT2D eigenvalue weighted by molar-refractivity contribution is 6.04. The third kappa shape index (κ3) is 3.49. The zero-order valence-corrected chi connectivity index (χ0v) is 19.2. The van der Waals surface area contributed by atoms with E-state index in [1.807, 2.05) is 17.5 Å². The van der Waals surface area contributed by atoms with E-state index in [1.165, 1.54) is 12.1 Å². The number of carbonyl (C=O) groups excluding carboxylic acids is 1. The minimum Gasteiger partial charge on any atom is -0.361 e. The van der Waals surface area contributed by atoms with Crippen LogP contribution in [0.5, 0.6) is 0 Å². The smallest absolute Gasteiger partial charge is 0.354 e. The highest BCUT2D eigenvalue weighted by Gasteiger charge is 2.54. The Morgan fingerprint density at radius 1 is 1.24 bits per heavy atom. The highest BCUT2D eigenvalue weighted by atomic mass is 19.1. The van der Waals surface area contributed by atoms with Crippen LogP contribution in [-0.2, 0) is 0 Å². The zero-order valence-electron chi connectivity index (χ0n) is 19.2. The number of hydrogen-bond donors (Lipinski definition) is 1. The van der Waals surface area contributed by atoms with Crippen LogP contribution in [0.1, 0.15) is 53.3 Å². The summed E-state index contributed by atoms with van der Waals surface area (Å²) in [6.07, 6.45) is 7.72. The Morgan fingerprint density at radius 3 is 2.85 bits per heavy atom. The van der Waals surface area contributed by atoms with Gasteiger partial charge in [-0.25, -0.2) is 19.3 Å². The second-order valence-corrected chi connectivity index (χ2v) is 9.64. The van der Waals surface area contributed by atoms with Gasteiger partial charge in [0.1, 0.15) is 18.2 Å². The van der Waals surface area contributed by atoms with Crippen molar-refractivity contribution >= 4 is 23.1 Å². The SMILES string of the molecule is C#[N+][C@@]12CCCN1CCN(c1ccc(C(=O)Nc3cn4cc(C)nc4c(C4CC4)n3)c(F)c1)C2. The molecule has 2 saturated heterocycles. The van der Waals surface area contributed by atoms with E-state index < -0.39 is 17.4 Å². The van der Waals surface area contributed by atoms with Gasteiger partial charge >= 0.3 is 5.66 Å². The molecular formula is C25H27FN7O+. The fourth-order valence-electron chi connectivity index (χ4n) is 5.36. The molecule has 2 aromatic heterocycles. The summed E-state index contributed by atoms with van der Waals surface area (Å²) in [5.74, 6) is -0.335. The summed E-state index contributed by atoms with van der Waals surface area (Å²) in [5, 5.41) is 2.78. The van der Waals surface area contributed by atoms with Crippen molar-refractivity contribution in [3.05, 3.63) is 58.2 Å². The molecule has 0 radical (unpaired) electrons. The van der Waals surface area contributed by atoms with Crippen LogP contribution >= 0.6 is 0 Å². The van der Waals surface area contributed by atoms with Gasteiger partial charge in [0.15, 0.2) is 5.65 Å². The van der Waals surface area contributed by atoms with Crippen LogP contribution in [0.15, 0.2) is 30.6 Å². The van der Waals surface area contributed by atoms with Crippen molar-refractivity contribution in [2.24, 2.45) is 0 Å². The molecule has 4 heterocycles. The first-order valence-corrected chi connectivity index (χ1v) is 11.8. The molecule has 3 fully saturated rings. The van der Waals surface area contributed by atoms with Crippen molar-refractivity contribution in [3.8, 4) is 6.57 Å². The average Bonchev–Trinajstić information content (AvgIpc) is 3.47. The van der Waals surface area contributed by atoms with Gasteiger partial charge in [0.2, 0.25) is 0 Å². The summed E-state index contributed by atoms with van der Waals surface area (Å²) in [6, 6.07) is 4.75. The van der Waals surface area contributed by atoms with Gasteiger partial charge in [-0.15, -0.1) is 0 Å². The van der Waals surface area contributed by atoms with Gasteiger partial charge in [-0.2, -0.15) is 0 Å². The van der Waals surface area contributed by atoms with Gasteiger partial charge in [-0.1, -0.05) is 4.85 Å². The Bertz CT molecular complexity index is 1340. The number of nitrogens with one attached hydrogen (secondary N) is 1. The number of benzene rings is 1. The number of anilines is 2. The average molecular weight is 461 g/mol. The van der Waals surface area contributed by atoms with E-state index in [-0.39, 0.29) is 5.56 Å². The molecule has 0 bridgehead atoms. The maximum Gasteiger partial charge on any atom is 0.354 e. The molecule has 2 aliphatic heterocycles. The fraction of sp³-hybridized carbons (Fsp3) is 0.440. The van der Waals surface area contributed by atoms with E-state index in [2.05, 4.69) is 29.9 Å². The normalized spacial score (nSPS) is 22.6. The lowest BCUT2D eigenvalue weighted by molar-refractivity contribution is 0.102. The van der Waals surface area contributed by atoms with Crippen LogP contribution in [0.4, 0.5) is 15.9 Å². The Morgan fingerprint density at radius 2 is 2.09 bits per heavy atom. The monoisotopic (exact) mass is 460 g/mol. The van der Waals surface area contributed by atoms with Crippen molar-refractivity contribution in [2.75, 3.05) is 36.4 Å². The Balaban J connectivity index is 1.23. The van der Waals surface area contributed by atoms with Crippen molar-refractivity contribution < 1.29 is 9.18 Å². The number of rotatable bonds is 4. The third-order valence-corrected chi connectivity index (χ3v) is 7.27. The van der Waals surface area contributed by atoms with Crippen LogP contribution in [0.25, 0.3) is 10.5 Å². The predicted octanol–water partition coefficient (Wildman–Crippen LogP) is 3.88. The maximum absolute atomic E-state index is 15.1. The summed E-state index contributed by atoms with van der Waals surface area (Å²) in [4.78, 5) is 30.7. The van der Waals surface area contributed by atoms with Gasteiger partial charge in [-0.05, 0) is 44.4 Å². The number of halogens is 1. The molecule has 0 spiro atoms. The van der Waals surface area contributed by atoms with Crippen LogP contribution in [0.2, 0.25) is 0 Å². The lowest BCUT2D eigenvalue weighted by atomic mass is 10.0. The Kier molecular flexibility index (Phi) is 4.81. The predicted molar refractivity (Wildman–Crippen MR) is 128 cm³/mol. The summed E-state index contributed by atoms with van der Waals surface area (Å²) in [5.41, 5.74) is 2.90. The molecule has 6 rings (SSSR count). The molecule has 0 unspecified atom stereocenters. The minimum atomic E-state index is -0.565. The summed E-state index contributed by atoms with van der Waals surface area (Å²) < 4.78 is 17.0. The number of nitrogens with zero attached hydrogens (tertiary/aromatic N) is 6. The number of carbonyl (C=O) groups is 1. The van der Waals surface area contributed by atoms with E-state index >= 15 is 4.39 Å². The van der Waals surface area contributed by atoms with Crippen molar-refractivity contribution in [1.29, 1.82) is 0 Å². The van der Waals surface area contributed by atoms with E-state index in [0.717, 1.165) is 68.0 Å². The van der Waals surface area contributed by atoms with Crippen molar-refractivity contribution in [1.82, 2.24) is 19.3 Å². The van der Waals surface area contributed by atoms with Crippen LogP contribution in [-0.4, -0.2) is 57.0 Å². The molecule has 1 atom stereocenters.